The van der Waals surface area contributed by atoms with E-state index in [1.54, 1.807) is 0 Å². The number of nitrogens with zero attached hydrogens (tertiary/aromatic N) is 3. The van der Waals surface area contributed by atoms with Gasteiger partial charge in [0.15, 0.2) is 0 Å². The minimum atomic E-state index is -0.669. The van der Waals surface area contributed by atoms with Gasteiger partial charge < -0.3 is 14.4 Å². The van der Waals surface area contributed by atoms with Crippen LogP contribution in [0, 0.1) is 13.8 Å². The molecule has 14 rings (SSSR count). The second-order valence-corrected chi connectivity index (χ2v) is 22.2. The summed E-state index contributed by atoms with van der Waals surface area (Å²) in [6.45, 7) is 13.5. The maximum absolute atomic E-state index is 2.60. The minimum Gasteiger partial charge on any atom is -0.310 e. The quantitative estimate of drug-likeness (QED) is 0.135. The highest BCUT2D eigenvalue weighted by atomic mass is 15.2. The summed E-state index contributed by atoms with van der Waals surface area (Å²) < 4.78 is 2.60. The van der Waals surface area contributed by atoms with E-state index in [-0.39, 0.29) is 0 Å². The van der Waals surface area contributed by atoms with Gasteiger partial charge in [0.25, 0.3) is 0 Å². The van der Waals surface area contributed by atoms with Gasteiger partial charge in [-0.15, -0.1) is 0 Å². The molecule has 3 heteroatoms. The van der Waals surface area contributed by atoms with Crippen molar-refractivity contribution in [1.82, 2.24) is 4.57 Å². The summed E-state index contributed by atoms with van der Waals surface area (Å²) in [5.74, 6) is 0.822. The molecule has 0 unspecified atom stereocenters. The van der Waals surface area contributed by atoms with Crippen LogP contribution in [0.15, 0.2) is 249 Å². The number of rotatable bonds is 10. The van der Waals surface area contributed by atoms with Crippen molar-refractivity contribution in [1.29, 1.82) is 0 Å². The first-order chi connectivity index (χ1) is 38.2. The van der Waals surface area contributed by atoms with E-state index in [1.165, 1.54) is 94.2 Å². The molecule has 0 bridgehead atoms. The summed E-state index contributed by atoms with van der Waals surface area (Å²) in [5, 5.41) is 2.37. The number of anilines is 6. The second-order valence-electron chi connectivity index (χ2n) is 22.2. The van der Waals surface area contributed by atoms with Crippen LogP contribution in [0.2, 0.25) is 0 Å². The molecule has 12 aromatic rings. The number of hydrogen-bond acceptors (Lipinski definition) is 2. The van der Waals surface area contributed by atoms with E-state index in [0.29, 0.717) is 11.8 Å². The summed E-state index contributed by atoms with van der Waals surface area (Å²) >= 11 is 0. The Morgan fingerprint density at radius 1 is 0.372 bits per heavy atom. The van der Waals surface area contributed by atoms with E-state index in [0.717, 1.165) is 45.3 Å². The van der Waals surface area contributed by atoms with Gasteiger partial charge in [-0.3, -0.25) is 0 Å². The molecule has 3 nitrogen and oxygen atoms in total. The van der Waals surface area contributed by atoms with Gasteiger partial charge in [0, 0.05) is 56.0 Å². The lowest BCUT2D eigenvalue weighted by molar-refractivity contribution is 0.797. The summed E-state index contributed by atoms with van der Waals surface area (Å²) in [5.41, 5.74) is 27.3. The largest absolute Gasteiger partial charge is 0.310 e. The fraction of sp³-hybridized carbons (Fsp3) is 0.120. The molecule has 2 aliphatic rings. The van der Waals surface area contributed by atoms with Crippen molar-refractivity contribution in [2.45, 2.75) is 58.8 Å². The van der Waals surface area contributed by atoms with Crippen LogP contribution in [0.1, 0.15) is 84.0 Å². The van der Waals surface area contributed by atoms with Gasteiger partial charge in [-0.25, -0.2) is 0 Å². The highest BCUT2D eigenvalue weighted by molar-refractivity contribution is 6.19. The predicted molar refractivity (Wildman–Crippen MR) is 330 cm³/mol. The molecule has 0 saturated heterocycles. The molecular weight excluding hydrogens is 943 g/mol. The van der Waals surface area contributed by atoms with Crippen molar-refractivity contribution < 1.29 is 0 Å². The van der Waals surface area contributed by atoms with Crippen molar-refractivity contribution in [3.8, 4) is 39.1 Å². The summed E-state index contributed by atoms with van der Waals surface area (Å²) in [7, 11) is 0. The molecule has 78 heavy (non-hydrogen) atoms. The van der Waals surface area contributed by atoms with Crippen LogP contribution < -0.4 is 9.80 Å². The van der Waals surface area contributed by atoms with E-state index < -0.39 is 5.41 Å². The van der Waals surface area contributed by atoms with Gasteiger partial charge in [-0.2, -0.15) is 0 Å². The lowest BCUT2D eigenvalue weighted by Crippen LogP contribution is -2.27. The highest BCUT2D eigenvalue weighted by Crippen LogP contribution is 2.67. The molecule has 0 fully saturated rings. The molecular formula is C75H61N3. The molecule has 1 aromatic heterocycles. The van der Waals surface area contributed by atoms with Gasteiger partial charge >= 0.3 is 0 Å². The van der Waals surface area contributed by atoms with Crippen LogP contribution in [-0.4, -0.2) is 4.57 Å². The van der Waals surface area contributed by atoms with E-state index in [4.69, 9.17) is 0 Å². The molecule has 1 spiro atoms. The van der Waals surface area contributed by atoms with Crippen LogP contribution in [-0.2, 0) is 5.41 Å². The number of fused-ring (bicyclic) bond motifs is 14. The lowest BCUT2D eigenvalue weighted by Gasteiger charge is -2.33. The zero-order valence-electron chi connectivity index (χ0n) is 45.2. The first-order valence-corrected chi connectivity index (χ1v) is 27.7. The number of aromatic nitrogens is 1. The number of benzene rings is 11. The van der Waals surface area contributed by atoms with Crippen LogP contribution >= 0.6 is 0 Å². The third-order valence-corrected chi connectivity index (χ3v) is 16.8. The zero-order chi connectivity index (χ0) is 52.8. The smallest absolute Gasteiger partial charge is 0.0747 e. The first-order valence-electron chi connectivity index (χ1n) is 27.7. The maximum Gasteiger partial charge on any atom is 0.0747 e. The van der Waals surface area contributed by atoms with Gasteiger partial charge in [-0.05, 0) is 177 Å². The molecule has 0 radical (unpaired) electrons. The third-order valence-electron chi connectivity index (χ3n) is 16.8. The standard InChI is InChI=1S/C75H61N3/c1-48(2)52-30-36-56(37-31-52)76(59-22-16-18-50(5)44-59)61-42-43-70-65(46-61)66-47-71(77(60-23-17-19-51(6)45-60)57-38-32-53(33-39-57)49(3)4)72-64-26-12-15-29-69(64)75(67-27-13-10-24-62(67)63-25-11-14-28-68(63)75)73(72)74(66)78(70)58-40-34-55(35-41-58)54-20-8-7-9-21-54/h7-49H,1-6H3. The zero-order valence-corrected chi connectivity index (χ0v) is 45.2. The first kappa shape index (κ1) is 47.3. The Bertz CT molecular complexity index is 4230. The third kappa shape index (κ3) is 7.32. The summed E-state index contributed by atoms with van der Waals surface area (Å²) in [6.07, 6.45) is 0. The van der Waals surface area contributed by atoms with Crippen LogP contribution in [0.3, 0.4) is 0 Å². The molecule has 0 aliphatic heterocycles. The maximum atomic E-state index is 2.60. The molecule has 1 heterocycles. The van der Waals surface area contributed by atoms with Crippen LogP contribution in [0.5, 0.6) is 0 Å². The average Bonchev–Trinajstić information content (AvgIpc) is 4.24. The number of aryl methyl sites for hydroxylation is 2. The second kappa shape index (κ2) is 18.5. The molecule has 11 aromatic carbocycles. The van der Waals surface area contributed by atoms with Crippen LogP contribution in [0.25, 0.3) is 60.9 Å². The Hall–Kier alpha value is -9.18. The fourth-order valence-corrected chi connectivity index (χ4v) is 13.2. The van der Waals surface area contributed by atoms with Crippen LogP contribution in [0.4, 0.5) is 34.1 Å². The number of hydrogen-bond donors (Lipinski definition) is 0. The molecule has 0 atom stereocenters. The summed E-state index contributed by atoms with van der Waals surface area (Å²) in [4.78, 5) is 4.99. The molecule has 0 amide bonds. The Kier molecular flexibility index (Phi) is 11.2. The van der Waals surface area contributed by atoms with Gasteiger partial charge in [-0.1, -0.05) is 191 Å². The van der Waals surface area contributed by atoms with Crippen molar-refractivity contribution in [3.05, 3.63) is 293 Å². The predicted octanol–water partition coefficient (Wildman–Crippen LogP) is 20.6. The minimum absolute atomic E-state index is 0.399. The average molecular weight is 1000 g/mol. The monoisotopic (exact) mass is 1000 g/mol. The lowest BCUT2D eigenvalue weighted by atomic mass is 9.70. The van der Waals surface area contributed by atoms with Gasteiger partial charge in [0.1, 0.15) is 0 Å². The van der Waals surface area contributed by atoms with Crippen molar-refractivity contribution in [3.63, 3.8) is 0 Å². The van der Waals surface area contributed by atoms with Gasteiger partial charge in [0.2, 0.25) is 0 Å². The topological polar surface area (TPSA) is 11.4 Å². The van der Waals surface area contributed by atoms with Crippen molar-refractivity contribution in [2.24, 2.45) is 0 Å². The van der Waals surface area contributed by atoms with E-state index >= 15 is 0 Å². The van der Waals surface area contributed by atoms with Gasteiger partial charge in [0.05, 0.1) is 22.1 Å². The van der Waals surface area contributed by atoms with E-state index in [9.17, 15) is 0 Å². The molecule has 2 aliphatic carbocycles. The molecule has 0 N–H and O–H groups in total. The molecule has 0 saturated carbocycles. The SMILES string of the molecule is Cc1cccc(N(c2ccc(C(C)C)cc2)c2ccc3c(c2)c2cc(N(c4ccc(C(C)C)cc4)c4cccc(C)c4)c4c(c2n3-c2ccc(-c3ccccc3)cc2)C2(c3ccccc3-c3ccccc32)c2ccccc2-4)c1. The van der Waals surface area contributed by atoms with Crippen molar-refractivity contribution in [2.75, 3.05) is 9.80 Å². The highest BCUT2D eigenvalue weighted by Gasteiger charge is 2.54. The van der Waals surface area contributed by atoms with Crippen molar-refractivity contribution >= 4 is 55.9 Å². The van der Waals surface area contributed by atoms with E-state index in [2.05, 4.69) is 305 Å². The molecule has 376 valence electrons. The Morgan fingerprint density at radius 2 is 0.846 bits per heavy atom. The normalized spacial score (nSPS) is 12.8. The summed E-state index contributed by atoms with van der Waals surface area (Å²) in [6, 6.07) is 94.0. The Morgan fingerprint density at radius 3 is 1.41 bits per heavy atom. The Labute approximate surface area is 459 Å². The Balaban J connectivity index is 1.17. The fourth-order valence-electron chi connectivity index (χ4n) is 13.2. The van der Waals surface area contributed by atoms with E-state index in [1.807, 2.05) is 0 Å².